The average Bonchev–Trinajstić information content (AvgIpc) is 3.38. The molecule has 3 saturated carbocycles. The maximum Gasteiger partial charge on any atom is 0.145 e. The molecule has 2 heterocycles. The molecule has 0 amide bonds. The number of fused-ring (bicyclic) bond motifs is 2. The maximum atomic E-state index is 12.1. The first kappa shape index (κ1) is 17.7. The van der Waals surface area contributed by atoms with E-state index in [1.165, 1.54) is 0 Å². The van der Waals surface area contributed by atoms with Gasteiger partial charge in [-0.3, -0.25) is 9.78 Å². The van der Waals surface area contributed by atoms with Crippen molar-refractivity contribution in [1.82, 2.24) is 10.1 Å². The van der Waals surface area contributed by atoms with E-state index in [0.29, 0.717) is 39.6 Å². The van der Waals surface area contributed by atoms with Crippen LogP contribution in [0.25, 0.3) is 11.3 Å². The smallest absolute Gasteiger partial charge is 0.145 e. The van der Waals surface area contributed by atoms with Crippen LogP contribution in [0.15, 0.2) is 16.9 Å². The Morgan fingerprint density at radius 3 is 2.30 bits per heavy atom. The van der Waals surface area contributed by atoms with E-state index < -0.39 is 0 Å². The van der Waals surface area contributed by atoms with E-state index in [0.717, 1.165) is 49.8 Å². The van der Waals surface area contributed by atoms with Crippen LogP contribution in [0.2, 0.25) is 10.0 Å². The number of halogens is 2. The van der Waals surface area contributed by atoms with Crippen LogP contribution in [-0.2, 0) is 16.1 Å². The lowest BCUT2D eigenvalue weighted by Crippen LogP contribution is -2.30. The number of hydrogen-bond donors (Lipinski definition) is 0. The van der Waals surface area contributed by atoms with Gasteiger partial charge in [0.05, 0.1) is 22.8 Å². The largest absolute Gasteiger partial charge is 0.373 e. The summed E-state index contributed by atoms with van der Waals surface area (Å²) in [6.45, 7) is 0.401. The fourth-order valence-corrected chi connectivity index (χ4v) is 5.06. The van der Waals surface area contributed by atoms with Gasteiger partial charge in [-0.15, -0.1) is 0 Å². The van der Waals surface area contributed by atoms with Gasteiger partial charge in [0.1, 0.15) is 17.2 Å². The van der Waals surface area contributed by atoms with Crippen molar-refractivity contribution in [2.45, 2.75) is 57.2 Å². The lowest BCUT2D eigenvalue weighted by molar-refractivity contribution is -0.130. The fourth-order valence-electron chi connectivity index (χ4n) is 4.52. The maximum absolute atomic E-state index is 12.1. The van der Waals surface area contributed by atoms with Gasteiger partial charge < -0.3 is 9.26 Å². The van der Waals surface area contributed by atoms with Gasteiger partial charge in [-0.2, -0.15) is 0 Å². The Hall–Kier alpha value is -1.43. The summed E-state index contributed by atoms with van der Waals surface area (Å²) in [5, 5.41) is 5.17. The summed E-state index contributed by atoms with van der Waals surface area (Å²) >= 11 is 12.7. The zero-order valence-corrected chi connectivity index (χ0v) is 16.3. The zero-order valence-electron chi connectivity index (χ0n) is 14.8. The zero-order chi connectivity index (χ0) is 18.5. The second-order valence-corrected chi connectivity index (χ2v) is 8.72. The van der Waals surface area contributed by atoms with Gasteiger partial charge in [0.15, 0.2) is 0 Å². The third-order valence-corrected chi connectivity index (χ3v) is 6.66. The molecule has 0 spiro atoms. The highest BCUT2D eigenvalue weighted by atomic mass is 35.5. The molecular weight excluding hydrogens is 387 g/mol. The molecule has 0 N–H and O–H groups in total. The number of Topliss-reactive ketones (excluding diaryl/α,β-unsaturated/α-hetero) is 1. The lowest BCUT2D eigenvalue weighted by Gasteiger charge is -2.26. The first-order valence-electron chi connectivity index (χ1n) is 9.55. The van der Waals surface area contributed by atoms with Crippen LogP contribution in [0.1, 0.15) is 55.8 Å². The summed E-state index contributed by atoms with van der Waals surface area (Å²) in [6.07, 6.45) is 9.10. The molecule has 0 saturated heterocycles. The molecule has 142 valence electrons. The topological polar surface area (TPSA) is 65.2 Å². The van der Waals surface area contributed by atoms with E-state index in [-0.39, 0.29) is 17.9 Å². The SMILES string of the molecule is O=C1[C@@H]2CC[C@H]1CC(OCc1c(-c3c(Cl)cncc3Cl)noc1C1CC1)C2. The van der Waals surface area contributed by atoms with Gasteiger partial charge in [-0.25, -0.2) is 0 Å². The van der Waals surface area contributed by atoms with E-state index >= 15 is 0 Å². The third kappa shape index (κ3) is 3.20. The van der Waals surface area contributed by atoms with E-state index in [4.69, 9.17) is 32.5 Å². The predicted octanol–water partition coefficient (Wildman–Crippen LogP) is 5.20. The monoisotopic (exact) mass is 406 g/mol. The van der Waals surface area contributed by atoms with Gasteiger partial charge in [0.25, 0.3) is 0 Å². The van der Waals surface area contributed by atoms with Crippen LogP contribution in [-0.4, -0.2) is 22.0 Å². The lowest BCUT2D eigenvalue weighted by atomic mass is 9.86. The molecule has 2 bridgehead atoms. The summed E-state index contributed by atoms with van der Waals surface area (Å²) in [6, 6.07) is 0. The number of hydrogen-bond acceptors (Lipinski definition) is 5. The summed E-state index contributed by atoms with van der Waals surface area (Å²) in [5.41, 5.74) is 2.21. The van der Waals surface area contributed by atoms with Crippen molar-refractivity contribution >= 4 is 29.0 Å². The van der Waals surface area contributed by atoms with Crippen molar-refractivity contribution in [3.8, 4) is 11.3 Å². The Bertz CT molecular complexity index is 857. The number of rotatable bonds is 5. The number of aromatic nitrogens is 2. The highest BCUT2D eigenvalue weighted by Gasteiger charge is 2.42. The van der Waals surface area contributed by atoms with Gasteiger partial charge in [0.2, 0.25) is 0 Å². The molecule has 1 unspecified atom stereocenters. The summed E-state index contributed by atoms with van der Waals surface area (Å²) in [4.78, 5) is 16.1. The van der Waals surface area contributed by atoms with Crippen LogP contribution >= 0.6 is 23.2 Å². The molecule has 27 heavy (non-hydrogen) atoms. The summed E-state index contributed by atoms with van der Waals surface area (Å²) in [7, 11) is 0. The summed E-state index contributed by atoms with van der Waals surface area (Å²) in [5.74, 6) is 2.08. The Balaban J connectivity index is 1.42. The molecule has 0 aliphatic heterocycles. The van der Waals surface area contributed by atoms with E-state index in [9.17, 15) is 4.79 Å². The first-order valence-corrected chi connectivity index (χ1v) is 10.3. The Morgan fingerprint density at radius 2 is 1.67 bits per heavy atom. The molecule has 5 rings (SSSR count). The van der Waals surface area contributed by atoms with Crippen LogP contribution < -0.4 is 0 Å². The van der Waals surface area contributed by atoms with Gasteiger partial charge in [0, 0.05) is 41.3 Å². The number of nitrogens with zero attached hydrogens (tertiary/aromatic N) is 2. The van der Waals surface area contributed by atoms with Gasteiger partial charge in [-0.05, 0) is 38.5 Å². The predicted molar refractivity (Wildman–Crippen MR) is 101 cm³/mol. The molecule has 2 aromatic rings. The summed E-state index contributed by atoms with van der Waals surface area (Å²) < 4.78 is 11.9. The second kappa shape index (κ2) is 6.87. The van der Waals surface area contributed by atoms with Crippen molar-refractivity contribution in [2.75, 3.05) is 0 Å². The van der Waals surface area contributed by atoms with Crippen molar-refractivity contribution in [2.24, 2.45) is 11.8 Å². The number of carbonyl (C=O) groups is 1. The molecule has 3 aliphatic rings. The highest BCUT2D eigenvalue weighted by molar-refractivity contribution is 6.38. The standard InChI is InChI=1S/C20H20Cl2N2O3/c21-15-7-23-8-16(22)17(15)18-14(20(27-24-18)10-1-2-10)9-26-13-5-11-3-4-12(6-13)19(11)25/h7-8,10-13H,1-6,9H2/t11-,12+,13?. The quantitative estimate of drug-likeness (QED) is 0.682. The first-order chi connectivity index (χ1) is 13.1. The van der Waals surface area contributed by atoms with Crippen LogP contribution in [0, 0.1) is 11.8 Å². The average molecular weight is 407 g/mol. The van der Waals surface area contributed by atoms with Crippen LogP contribution in [0.4, 0.5) is 0 Å². The van der Waals surface area contributed by atoms with E-state index in [1.807, 2.05) is 0 Å². The number of pyridine rings is 1. The molecule has 5 nitrogen and oxygen atoms in total. The van der Waals surface area contributed by atoms with Crippen molar-refractivity contribution in [3.05, 3.63) is 33.8 Å². The third-order valence-electron chi connectivity index (χ3n) is 6.08. The highest BCUT2D eigenvalue weighted by Crippen LogP contribution is 2.46. The minimum absolute atomic E-state index is 0.110. The molecule has 7 heteroatoms. The number of carbonyl (C=O) groups excluding carboxylic acids is 1. The van der Waals surface area contributed by atoms with Crippen LogP contribution in [0.5, 0.6) is 0 Å². The van der Waals surface area contributed by atoms with Crippen LogP contribution in [0.3, 0.4) is 0 Å². The van der Waals surface area contributed by atoms with Crippen molar-refractivity contribution < 1.29 is 14.1 Å². The Morgan fingerprint density at radius 1 is 1.04 bits per heavy atom. The second-order valence-electron chi connectivity index (χ2n) is 7.90. The Labute approximate surface area is 167 Å². The van der Waals surface area contributed by atoms with Crippen molar-refractivity contribution in [1.29, 1.82) is 0 Å². The van der Waals surface area contributed by atoms with Crippen molar-refractivity contribution in [3.63, 3.8) is 0 Å². The van der Waals surface area contributed by atoms with Gasteiger partial charge >= 0.3 is 0 Å². The number of ketones is 1. The molecule has 3 fully saturated rings. The molecule has 3 atom stereocenters. The van der Waals surface area contributed by atoms with E-state index in [2.05, 4.69) is 10.1 Å². The fraction of sp³-hybridized carbons (Fsp3) is 0.550. The minimum Gasteiger partial charge on any atom is -0.373 e. The molecular formula is C20H20Cl2N2O3. The molecule has 3 aliphatic carbocycles. The molecule has 0 aromatic carbocycles. The number of ether oxygens (including phenoxy) is 1. The minimum atomic E-state index is 0.110. The normalized spacial score (nSPS) is 27.3. The van der Waals surface area contributed by atoms with Gasteiger partial charge in [-0.1, -0.05) is 28.4 Å². The Kier molecular flexibility index (Phi) is 4.49. The van der Waals surface area contributed by atoms with E-state index in [1.54, 1.807) is 12.4 Å². The molecule has 2 aromatic heterocycles. The molecule has 0 radical (unpaired) electrons.